The molecule has 0 heterocycles. The normalized spacial score (nSPS) is 14.2. The van der Waals surface area contributed by atoms with E-state index in [1.54, 1.807) is 0 Å². The molecule has 0 radical (unpaired) electrons. The van der Waals surface area contributed by atoms with Gasteiger partial charge in [0, 0.05) is 7.11 Å². The number of halogens is 1. The number of nitrogens with two attached hydrogens (primary N) is 1. The van der Waals surface area contributed by atoms with E-state index < -0.39 is 10.8 Å². The fourth-order valence-electron chi connectivity index (χ4n) is 2.22. The van der Waals surface area contributed by atoms with E-state index in [2.05, 4.69) is 0 Å². The maximum absolute atomic E-state index is 11.8. The molecular formula is C14H20ClNO2. The Hall–Kier alpha value is -1.06. The van der Waals surface area contributed by atoms with Crippen molar-refractivity contribution in [1.29, 1.82) is 0 Å². The van der Waals surface area contributed by atoms with Crippen molar-refractivity contribution in [2.24, 2.45) is 5.73 Å². The summed E-state index contributed by atoms with van der Waals surface area (Å²) in [6.45, 7) is 4.14. The zero-order valence-corrected chi connectivity index (χ0v) is 11.9. The molecule has 1 unspecified atom stereocenters. The number of hydrogen-bond acceptors (Lipinski definition) is 2. The SMILES string of the molecule is CCc1cccc(CC)c1C(Cl)(COC)C(N)=O. The number of amides is 1. The topological polar surface area (TPSA) is 52.3 Å². The number of ether oxygens (including phenoxy) is 1. The van der Waals surface area contributed by atoms with Crippen LogP contribution in [0.2, 0.25) is 0 Å². The summed E-state index contributed by atoms with van der Waals surface area (Å²) in [5.74, 6) is -0.568. The van der Waals surface area contributed by atoms with Crippen molar-refractivity contribution in [2.75, 3.05) is 13.7 Å². The first-order valence-corrected chi connectivity index (χ1v) is 6.48. The van der Waals surface area contributed by atoms with Crippen LogP contribution < -0.4 is 5.73 Å². The van der Waals surface area contributed by atoms with Gasteiger partial charge in [0.1, 0.15) is 0 Å². The molecular weight excluding hydrogens is 250 g/mol. The van der Waals surface area contributed by atoms with Gasteiger partial charge in [-0.05, 0) is 29.5 Å². The Bertz CT molecular complexity index is 412. The lowest BCUT2D eigenvalue weighted by Gasteiger charge is -2.28. The minimum absolute atomic E-state index is 0.0773. The number of benzene rings is 1. The maximum Gasteiger partial charge on any atom is 0.245 e. The number of alkyl halides is 1. The monoisotopic (exact) mass is 269 g/mol. The van der Waals surface area contributed by atoms with E-state index in [-0.39, 0.29) is 6.61 Å². The molecule has 0 aliphatic rings. The van der Waals surface area contributed by atoms with Crippen LogP contribution in [0.3, 0.4) is 0 Å². The predicted octanol–water partition coefficient (Wildman–Crippen LogP) is 2.38. The van der Waals surface area contributed by atoms with E-state index in [0.29, 0.717) is 0 Å². The summed E-state index contributed by atoms with van der Waals surface area (Å²) in [4.78, 5) is 10.5. The van der Waals surface area contributed by atoms with Crippen molar-refractivity contribution >= 4 is 17.5 Å². The molecule has 3 nitrogen and oxygen atoms in total. The van der Waals surface area contributed by atoms with Gasteiger partial charge in [-0.3, -0.25) is 4.79 Å². The van der Waals surface area contributed by atoms with Gasteiger partial charge in [-0.1, -0.05) is 32.0 Å². The average molecular weight is 270 g/mol. The molecule has 0 saturated carbocycles. The van der Waals surface area contributed by atoms with Crippen molar-refractivity contribution < 1.29 is 9.53 Å². The number of aryl methyl sites for hydroxylation is 2. The van der Waals surface area contributed by atoms with Crippen LogP contribution in [0.4, 0.5) is 0 Å². The van der Waals surface area contributed by atoms with Crippen molar-refractivity contribution in [3.8, 4) is 0 Å². The van der Waals surface area contributed by atoms with Crippen LogP contribution in [-0.4, -0.2) is 19.6 Å². The smallest absolute Gasteiger partial charge is 0.245 e. The fraction of sp³-hybridized carbons (Fsp3) is 0.500. The molecule has 100 valence electrons. The summed E-state index contributed by atoms with van der Waals surface area (Å²) in [7, 11) is 1.51. The Labute approximate surface area is 113 Å². The van der Waals surface area contributed by atoms with Gasteiger partial charge in [-0.2, -0.15) is 0 Å². The molecule has 18 heavy (non-hydrogen) atoms. The molecule has 0 fully saturated rings. The molecule has 0 bridgehead atoms. The highest BCUT2D eigenvalue weighted by molar-refractivity contribution is 6.35. The summed E-state index contributed by atoms with van der Waals surface area (Å²) in [6.07, 6.45) is 1.60. The van der Waals surface area contributed by atoms with E-state index in [4.69, 9.17) is 22.1 Å². The molecule has 0 saturated heterocycles. The summed E-state index contributed by atoms with van der Waals surface area (Å²) >= 11 is 6.47. The predicted molar refractivity (Wildman–Crippen MR) is 73.8 cm³/mol. The Morgan fingerprint density at radius 2 is 1.83 bits per heavy atom. The number of hydrogen-bond donors (Lipinski definition) is 1. The minimum atomic E-state index is -1.29. The van der Waals surface area contributed by atoms with Crippen LogP contribution in [0.15, 0.2) is 18.2 Å². The highest BCUT2D eigenvalue weighted by atomic mass is 35.5. The number of rotatable bonds is 6. The van der Waals surface area contributed by atoms with Crippen molar-refractivity contribution in [3.05, 3.63) is 34.9 Å². The van der Waals surface area contributed by atoms with Gasteiger partial charge >= 0.3 is 0 Å². The summed E-state index contributed by atoms with van der Waals surface area (Å²) < 4.78 is 5.09. The molecule has 1 atom stereocenters. The largest absolute Gasteiger partial charge is 0.382 e. The second-order valence-corrected chi connectivity index (χ2v) is 4.90. The van der Waals surface area contributed by atoms with E-state index in [9.17, 15) is 4.79 Å². The van der Waals surface area contributed by atoms with E-state index in [1.165, 1.54) is 7.11 Å². The lowest BCUT2D eigenvalue weighted by molar-refractivity contribution is -0.122. The van der Waals surface area contributed by atoms with Gasteiger partial charge in [0.05, 0.1) is 6.61 Å². The first-order chi connectivity index (χ1) is 8.51. The number of carbonyl (C=O) groups is 1. The van der Waals surface area contributed by atoms with Gasteiger partial charge in [0.25, 0.3) is 0 Å². The first kappa shape index (κ1) is 15.0. The molecule has 0 aliphatic carbocycles. The molecule has 1 amide bonds. The number of methoxy groups -OCH3 is 1. The van der Waals surface area contributed by atoms with Crippen LogP contribution in [0, 0.1) is 0 Å². The maximum atomic E-state index is 11.8. The molecule has 0 aliphatic heterocycles. The first-order valence-electron chi connectivity index (χ1n) is 6.10. The van der Waals surface area contributed by atoms with Crippen LogP contribution in [-0.2, 0) is 27.2 Å². The summed E-state index contributed by atoms with van der Waals surface area (Å²) in [5, 5.41) is 0. The Morgan fingerprint density at radius 3 is 2.17 bits per heavy atom. The third kappa shape index (κ3) is 2.68. The van der Waals surface area contributed by atoms with E-state index in [0.717, 1.165) is 29.5 Å². The molecule has 4 heteroatoms. The zero-order valence-electron chi connectivity index (χ0n) is 11.1. The third-order valence-corrected chi connectivity index (χ3v) is 3.61. The standard InChI is InChI=1S/C14H20ClNO2/c1-4-10-7-6-8-11(5-2)12(10)14(15,9-18-3)13(16)17/h6-8H,4-5,9H2,1-3H3,(H2,16,17). The molecule has 2 N–H and O–H groups in total. The molecule has 0 aromatic heterocycles. The van der Waals surface area contributed by atoms with E-state index >= 15 is 0 Å². The second-order valence-electron chi connectivity index (χ2n) is 4.26. The highest BCUT2D eigenvalue weighted by Crippen LogP contribution is 2.35. The van der Waals surface area contributed by atoms with Crippen LogP contribution in [0.5, 0.6) is 0 Å². The Kier molecular flexibility index (Phi) is 5.17. The third-order valence-electron chi connectivity index (χ3n) is 3.13. The van der Waals surface area contributed by atoms with Crippen molar-refractivity contribution in [2.45, 2.75) is 31.6 Å². The van der Waals surface area contributed by atoms with Gasteiger partial charge in [0.2, 0.25) is 5.91 Å². The van der Waals surface area contributed by atoms with E-state index in [1.807, 2.05) is 32.0 Å². The summed E-state index contributed by atoms with van der Waals surface area (Å²) in [5.41, 5.74) is 8.38. The molecule has 0 spiro atoms. The Balaban J connectivity index is 3.47. The quantitative estimate of drug-likeness (QED) is 0.806. The lowest BCUT2D eigenvalue weighted by Crippen LogP contribution is -2.41. The van der Waals surface area contributed by atoms with Crippen molar-refractivity contribution in [1.82, 2.24) is 0 Å². The molecule has 1 aromatic rings. The minimum Gasteiger partial charge on any atom is -0.382 e. The second kappa shape index (κ2) is 6.21. The van der Waals surface area contributed by atoms with Gasteiger partial charge < -0.3 is 10.5 Å². The molecule has 1 rings (SSSR count). The van der Waals surface area contributed by atoms with Crippen LogP contribution in [0.25, 0.3) is 0 Å². The fourth-order valence-corrected chi connectivity index (χ4v) is 2.57. The lowest BCUT2D eigenvalue weighted by atomic mass is 9.87. The average Bonchev–Trinajstić information content (AvgIpc) is 2.37. The number of primary amides is 1. The molecule has 1 aromatic carbocycles. The van der Waals surface area contributed by atoms with Gasteiger partial charge in [-0.15, -0.1) is 11.6 Å². The Morgan fingerprint density at radius 1 is 1.33 bits per heavy atom. The van der Waals surface area contributed by atoms with Crippen molar-refractivity contribution in [3.63, 3.8) is 0 Å². The van der Waals surface area contributed by atoms with Gasteiger partial charge in [-0.25, -0.2) is 0 Å². The summed E-state index contributed by atoms with van der Waals surface area (Å²) in [6, 6.07) is 5.93. The van der Waals surface area contributed by atoms with Gasteiger partial charge in [0.15, 0.2) is 4.87 Å². The van der Waals surface area contributed by atoms with Crippen LogP contribution >= 0.6 is 11.6 Å². The highest BCUT2D eigenvalue weighted by Gasteiger charge is 2.39. The zero-order chi connectivity index (χ0) is 13.8. The van der Waals surface area contributed by atoms with Crippen LogP contribution in [0.1, 0.15) is 30.5 Å². The number of carbonyl (C=O) groups excluding carboxylic acids is 1.